The van der Waals surface area contributed by atoms with E-state index in [2.05, 4.69) is 9.88 Å². The number of hydrogen-bond acceptors (Lipinski definition) is 3. The minimum Gasteiger partial charge on any atom is -0.398 e. The van der Waals surface area contributed by atoms with Crippen molar-refractivity contribution in [3.63, 3.8) is 0 Å². The molecule has 3 nitrogen and oxygen atoms in total. The second kappa shape index (κ2) is 5.03. The Balaban J connectivity index is 2.15. The number of nitrogens with zero attached hydrogens (tertiary/aromatic N) is 2. The molecular formula is C15H18FN3. The topological polar surface area (TPSA) is 42.1 Å². The van der Waals surface area contributed by atoms with Gasteiger partial charge in [0.1, 0.15) is 11.6 Å². The molecule has 2 N–H and O–H groups in total. The van der Waals surface area contributed by atoms with E-state index >= 15 is 0 Å². The molecule has 100 valence electrons. The van der Waals surface area contributed by atoms with Crippen LogP contribution in [0.15, 0.2) is 24.4 Å². The Morgan fingerprint density at radius 2 is 1.79 bits per heavy atom. The van der Waals surface area contributed by atoms with Crippen LogP contribution < -0.4 is 10.6 Å². The zero-order valence-corrected chi connectivity index (χ0v) is 10.9. The highest BCUT2D eigenvalue weighted by Gasteiger charge is 2.17. The summed E-state index contributed by atoms with van der Waals surface area (Å²) in [7, 11) is 0. The molecule has 3 rings (SSSR count). The number of nitrogen functional groups attached to an aromatic ring is 1. The van der Waals surface area contributed by atoms with Crippen molar-refractivity contribution in [2.45, 2.75) is 25.7 Å². The third-order valence-electron chi connectivity index (χ3n) is 3.80. The summed E-state index contributed by atoms with van der Waals surface area (Å²) in [6.45, 7) is 1.89. The first kappa shape index (κ1) is 12.2. The van der Waals surface area contributed by atoms with Crippen molar-refractivity contribution < 1.29 is 4.39 Å². The first-order chi connectivity index (χ1) is 9.27. The summed E-state index contributed by atoms with van der Waals surface area (Å²) in [5, 5.41) is 1.32. The number of anilines is 2. The largest absolute Gasteiger partial charge is 0.398 e. The summed E-state index contributed by atoms with van der Waals surface area (Å²) in [5.74, 6) is 0.501. The smallest absolute Gasteiger partial charge is 0.139 e. The normalized spacial score (nSPS) is 16.6. The molecule has 4 heteroatoms. The molecule has 1 aromatic carbocycles. The van der Waals surface area contributed by atoms with Gasteiger partial charge in [-0.05, 0) is 31.0 Å². The number of rotatable bonds is 1. The predicted octanol–water partition coefficient (Wildman–Crippen LogP) is 3.34. The molecule has 0 atom stereocenters. The Bertz CT molecular complexity index is 589. The number of halogens is 1. The van der Waals surface area contributed by atoms with E-state index in [0.29, 0.717) is 11.1 Å². The van der Waals surface area contributed by atoms with Crippen LogP contribution in [0, 0.1) is 5.82 Å². The first-order valence-corrected chi connectivity index (χ1v) is 6.85. The van der Waals surface area contributed by atoms with Crippen LogP contribution in [0.3, 0.4) is 0 Å². The van der Waals surface area contributed by atoms with Gasteiger partial charge in [0.25, 0.3) is 0 Å². The van der Waals surface area contributed by atoms with Crippen molar-refractivity contribution in [1.29, 1.82) is 0 Å². The molecule has 0 bridgehead atoms. The highest BCUT2D eigenvalue weighted by atomic mass is 19.1. The maximum Gasteiger partial charge on any atom is 0.139 e. The monoisotopic (exact) mass is 259 g/mol. The third-order valence-corrected chi connectivity index (χ3v) is 3.80. The molecule has 1 aliphatic heterocycles. The van der Waals surface area contributed by atoms with E-state index in [9.17, 15) is 4.39 Å². The second-order valence-electron chi connectivity index (χ2n) is 5.09. The lowest BCUT2D eigenvalue weighted by Crippen LogP contribution is -2.25. The average molecular weight is 259 g/mol. The second-order valence-corrected chi connectivity index (χ2v) is 5.09. The van der Waals surface area contributed by atoms with Crippen molar-refractivity contribution >= 4 is 22.3 Å². The van der Waals surface area contributed by atoms with Gasteiger partial charge in [-0.3, -0.25) is 0 Å². The Labute approximate surface area is 112 Å². The van der Waals surface area contributed by atoms with Gasteiger partial charge < -0.3 is 10.6 Å². The number of aromatic nitrogens is 1. The maximum atomic E-state index is 14.2. The molecule has 0 amide bonds. The van der Waals surface area contributed by atoms with Crippen LogP contribution >= 0.6 is 0 Å². The molecule has 2 heterocycles. The Morgan fingerprint density at radius 1 is 1.05 bits per heavy atom. The lowest BCUT2D eigenvalue weighted by atomic mass is 10.1. The summed E-state index contributed by atoms with van der Waals surface area (Å²) in [6, 6.07) is 4.83. The number of nitrogens with two attached hydrogens (primary N) is 1. The third kappa shape index (κ3) is 2.23. The predicted molar refractivity (Wildman–Crippen MR) is 76.8 cm³/mol. The fourth-order valence-corrected chi connectivity index (χ4v) is 2.79. The first-order valence-electron chi connectivity index (χ1n) is 6.85. The van der Waals surface area contributed by atoms with Crippen molar-refractivity contribution in [1.82, 2.24) is 4.98 Å². The van der Waals surface area contributed by atoms with E-state index in [-0.39, 0.29) is 5.82 Å². The van der Waals surface area contributed by atoms with Crippen LogP contribution in [-0.2, 0) is 0 Å². The SMILES string of the molecule is Nc1ccc(F)c2c(N3CCCCCC3)nccc12. The van der Waals surface area contributed by atoms with Gasteiger partial charge in [-0.1, -0.05) is 12.8 Å². The molecule has 1 aromatic heterocycles. The van der Waals surface area contributed by atoms with Crippen LogP contribution in [0.5, 0.6) is 0 Å². The fraction of sp³-hybridized carbons (Fsp3) is 0.400. The van der Waals surface area contributed by atoms with E-state index in [1.807, 2.05) is 0 Å². The van der Waals surface area contributed by atoms with Crippen molar-refractivity contribution in [2.24, 2.45) is 0 Å². The fourth-order valence-electron chi connectivity index (χ4n) is 2.79. The Kier molecular flexibility index (Phi) is 3.23. The van der Waals surface area contributed by atoms with E-state index < -0.39 is 0 Å². The molecular weight excluding hydrogens is 241 g/mol. The van der Waals surface area contributed by atoms with Gasteiger partial charge in [-0.2, -0.15) is 0 Å². The average Bonchev–Trinajstić information content (AvgIpc) is 2.71. The molecule has 1 saturated heterocycles. The molecule has 0 aliphatic carbocycles. The summed E-state index contributed by atoms with van der Waals surface area (Å²) < 4.78 is 14.2. The maximum absolute atomic E-state index is 14.2. The van der Waals surface area contributed by atoms with E-state index in [4.69, 9.17) is 5.73 Å². The zero-order valence-electron chi connectivity index (χ0n) is 10.9. The summed E-state index contributed by atoms with van der Waals surface area (Å²) >= 11 is 0. The van der Waals surface area contributed by atoms with Gasteiger partial charge in [0.15, 0.2) is 0 Å². The lowest BCUT2D eigenvalue weighted by molar-refractivity contribution is 0.638. The van der Waals surface area contributed by atoms with E-state index in [1.165, 1.54) is 18.9 Å². The zero-order chi connectivity index (χ0) is 13.2. The summed E-state index contributed by atoms with van der Waals surface area (Å²) in [5.41, 5.74) is 6.55. The number of fused-ring (bicyclic) bond motifs is 1. The van der Waals surface area contributed by atoms with E-state index in [1.54, 1.807) is 18.3 Å². The van der Waals surface area contributed by atoms with Crippen LogP contribution in [0.2, 0.25) is 0 Å². The van der Waals surface area contributed by atoms with Gasteiger partial charge >= 0.3 is 0 Å². The van der Waals surface area contributed by atoms with Gasteiger partial charge in [0, 0.05) is 30.4 Å². The van der Waals surface area contributed by atoms with Gasteiger partial charge in [0.05, 0.1) is 5.39 Å². The Hall–Kier alpha value is -1.84. The van der Waals surface area contributed by atoms with Gasteiger partial charge in [0.2, 0.25) is 0 Å². The lowest BCUT2D eigenvalue weighted by Gasteiger charge is -2.23. The molecule has 0 unspecified atom stereocenters. The molecule has 0 spiro atoms. The van der Waals surface area contributed by atoms with E-state index in [0.717, 1.165) is 37.1 Å². The van der Waals surface area contributed by atoms with Crippen molar-refractivity contribution in [2.75, 3.05) is 23.7 Å². The van der Waals surface area contributed by atoms with Crippen molar-refractivity contribution in [3.8, 4) is 0 Å². The molecule has 1 aliphatic rings. The number of pyridine rings is 1. The van der Waals surface area contributed by atoms with Crippen molar-refractivity contribution in [3.05, 3.63) is 30.2 Å². The number of hydrogen-bond donors (Lipinski definition) is 1. The highest BCUT2D eigenvalue weighted by molar-refractivity contribution is 5.99. The molecule has 1 fully saturated rings. The molecule has 0 saturated carbocycles. The minimum absolute atomic E-state index is 0.239. The van der Waals surface area contributed by atoms with Gasteiger partial charge in [-0.25, -0.2) is 9.37 Å². The van der Waals surface area contributed by atoms with Crippen LogP contribution in [0.1, 0.15) is 25.7 Å². The molecule has 2 aromatic rings. The highest BCUT2D eigenvalue weighted by Crippen LogP contribution is 2.31. The summed E-state index contributed by atoms with van der Waals surface area (Å²) in [6.07, 6.45) is 6.49. The molecule has 19 heavy (non-hydrogen) atoms. The standard InChI is InChI=1S/C15H18FN3/c16-12-5-6-13(17)11-7-8-18-15(14(11)12)19-9-3-1-2-4-10-19/h5-8H,1-4,9-10,17H2. The summed E-state index contributed by atoms with van der Waals surface area (Å²) in [4.78, 5) is 6.60. The van der Waals surface area contributed by atoms with Crippen LogP contribution in [-0.4, -0.2) is 18.1 Å². The van der Waals surface area contributed by atoms with Gasteiger partial charge in [-0.15, -0.1) is 0 Å². The number of benzene rings is 1. The Morgan fingerprint density at radius 3 is 2.53 bits per heavy atom. The quantitative estimate of drug-likeness (QED) is 0.799. The van der Waals surface area contributed by atoms with Crippen LogP contribution in [0.25, 0.3) is 10.8 Å². The molecule has 0 radical (unpaired) electrons. The minimum atomic E-state index is -0.239. The van der Waals surface area contributed by atoms with Crippen LogP contribution in [0.4, 0.5) is 15.9 Å².